The number of nitro benzene ring substituents is 1. The Kier molecular flexibility index (Phi) is 3.88. The van der Waals surface area contributed by atoms with Crippen molar-refractivity contribution in [2.45, 2.75) is 20.0 Å². The molecule has 2 rings (SSSR count). The highest BCUT2D eigenvalue weighted by Crippen LogP contribution is 2.13. The van der Waals surface area contributed by atoms with Gasteiger partial charge in [-0.15, -0.1) is 0 Å². The number of hydrogen-bond donors (Lipinski definition) is 0. The first kappa shape index (κ1) is 12.5. The van der Waals surface area contributed by atoms with Gasteiger partial charge in [0.2, 0.25) is 0 Å². The van der Waals surface area contributed by atoms with Crippen LogP contribution in [0.5, 0.6) is 0 Å². The van der Waals surface area contributed by atoms with Crippen molar-refractivity contribution < 1.29 is 9.76 Å². The molecule has 1 aromatic carbocycles. The number of non-ortho nitro benzene ring substituents is 1. The van der Waals surface area contributed by atoms with Crippen LogP contribution in [0.2, 0.25) is 0 Å². The van der Waals surface area contributed by atoms with Crippen LogP contribution in [-0.4, -0.2) is 28.9 Å². The maximum Gasteiger partial charge on any atom is 0.269 e. The highest BCUT2D eigenvalue weighted by Gasteiger charge is 2.12. The van der Waals surface area contributed by atoms with Crippen LogP contribution in [0.1, 0.15) is 18.9 Å². The Morgan fingerprint density at radius 1 is 1.44 bits per heavy atom. The van der Waals surface area contributed by atoms with Crippen LogP contribution in [0.4, 0.5) is 5.69 Å². The fourth-order valence-corrected chi connectivity index (χ4v) is 1.72. The number of nitrogens with zero attached hydrogens (tertiary/aromatic N) is 3. The third-order valence-electron chi connectivity index (χ3n) is 2.76. The van der Waals surface area contributed by atoms with E-state index in [0.29, 0.717) is 6.61 Å². The molecular weight excluding hydrogens is 234 g/mol. The second kappa shape index (κ2) is 5.59. The number of nitro groups is 1. The second-order valence-corrected chi connectivity index (χ2v) is 4.08. The van der Waals surface area contributed by atoms with E-state index in [1.807, 2.05) is 6.92 Å². The minimum atomic E-state index is -0.411. The molecule has 0 aliphatic carbocycles. The lowest BCUT2D eigenvalue weighted by molar-refractivity contribution is -0.384. The minimum absolute atomic E-state index is 0.0921. The van der Waals surface area contributed by atoms with Crippen molar-refractivity contribution in [2.75, 3.05) is 13.1 Å². The molecule has 0 unspecified atom stereocenters. The first-order valence-corrected chi connectivity index (χ1v) is 5.81. The number of amidine groups is 1. The first-order valence-electron chi connectivity index (χ1n) is 5.81. The van der Waals surface area contributed by atoms with Gasteiger partial charge in [0, 0.05) is 25.2 Å². The molecule has 0 bridgehead atoms. The van der Waals surface area contributed by atoms with Crippen LogP contribution in [0.25, 0.3) is 0 Å². The van der Waals surface area contributed by atoms with Crippen molar-refractivity contribution in [1.29, 1.82) is 0 Å². The molecule has 6 heteroatoms. The number of hydrogen-bond acceptors (Lipinski definition) is 5. The zero-order valence-corrected chi connectivity index (χ0v) is 10.2. The molecule has 0 atom stereocenters. The van der Waals surface area contributed by atoms with E-state index < -0.39 is 4.92 Å². The zero-order chi connectivity index (χ0) is 13.0. The van der Waals surface area contributed by atoms with E-state index in [0.717, 1.165) is 30.9 Å². The summed E-state index contributed by atoms with van der Waals surface area (Å²) in [5.41, 5.74) is 0.994. The van der Waals surface area contributed by atoms with Crippen molar-refractivity contribution >= 4 is 11.5 Å². The third-order valence-corrected chi connectivity index (χ3v) is 2.76. The van der Waals surface area contributed by atoms with E-state index in [-0.39, 0.29) is 5.69 Å². The van der Waals surface area contributed by atoms with Gasteiger partial charge < -0.3 is 0 Å². The Morgan fingerprint density at radius 3 is 2.78 bits per heavy atom. The van der Waals surface area contributed by atoms with E-state index >= 15 is 0 Å². The van der Waals surface area contributed by atoms with Crippen LogP contribution < -0.4 is 0 Å². The Morgan fingerprint density at radius 2 is 2.17 bits per heavy atom. The van der Waals surface area contributed by atoms with Gasteiger partial charge in [0.1, 0.15) is 5.84 Å². The van der Waals surface area contributed by atoms with Crippen molar-refractivity contribution in [2.24, 2.45) is 4.99 Å². The Labute approximate surface area is 105 Å². The highest BCUT2D eigenvalue weighted by atomic mass is 16.7. The number of rotatable bonds is 4. The molecule has 0 spiro atoms. The van der Waals surface area contributed by atoms with Crippen molar-refractivity contribution in [3.05, 3.63) is 39.9 Å². The summed E-state index contributed by atoms with van der Waals surface area (Å²) in [5, 5.41) is 12.3. The van der Waals surface area contributed by atoms with E-state index in [1.54, 1.807) is 17.2 Å². The van der Waals surface area contributed by atoms with Crippen molar-refractivity contribution in [3.8, 4) is 0 Å². The molecule has 18 heavy (non-hydrogen) atoms. The summed E-state index contributed by atoms with van der Waals surface area (Å²) in [6.07, 6.45) is 0.984. The molecule has 1 aliphatic heterocycles. The predicted octanol–water partition coefficient (Wildman–Crippen LogP) is 2.15. The number of benzene rings is 1. The van der Waals surface area contributed by atoms with E-state index in [9.17, 15) is 10.1 Å². The molecule has 0 fully saturated rings. The van der Waals surface area contributed by atoms with Gasteiger partial charge in [0.25, 0.3) is 5.69 Å². The maximum atomic E-state index is 10.5. The van der Waals surface area contributed by atoms with E-state index in [1.165, 1.54) is 12.1 Å². The van der Waals surface area contributed by atoms with E-state index in [4.69, 9.17) is 4.84 Å². The topological polar surface area (TPSA) is 68.0 Å². The smallest absolute Gasteiger partial charge is 0.269 e. The van der Waals surface area contributed by atoms with Gasteiger partial charge in [0.05, 0.1) is 11.5 Å². The lowest BCUT2D eigenvalue weighted by Crippen LogP contribution is -2.33. The average molecular weight is 249 g/mol. The van der Waals surface area contributed by atoms with Crippen LogP contribution >= 0.6 is 0 Å². The van der Waals surface area contributed by atoms with Gasteiger partial charge in [-0.1, -0.05) is 0 Å². The molecule has 0 saturated heterocycles. The highest BCUT2D eigenvalue weighted by molar-refractivity contribution is 5.79. The molecule has 0 amide bonds. The predicted molar refractivity (Wildman–Crippen MR) is 67.2 cm³/mol. The van der Waals surface area contributed by atoms with Gasteiger partial charge in [-0.2, -0.15) is 0 Å². The van der Waals surface area contributed by atoms with Gasteiger partial charge in [-0.05, 0) is 31.0 Å². The molecule has 0 radical (unpaired) electrons. The van der Waals surface area contributed by atoms with Crippen LogP contribution in [-0.2, 0) is 11.4 Å². The van der Waals surface area contributed by atoms with Crippen LogP contribution in [0.3, 0.4) is 0 Å². The standard InChI is InChI=1S/C12H15N3O3/c1-10-13-7-2-8-14(10)18-9-11-3-5-12(6-4-11)15(16)17/h3-6H,2,7-9H2,1H3. The second-order valence-electron chi connectivity index (χ2n) is 4.08. The fourth-order valence-electron chi connectivity index (χ4n) is 1.72. The Bertz CT molecular complexity index is 456. The average Bonchev–Trinajstić information content (AvgIpc) is 2.38. The minimum Gasteiger partial charge on any atom is -0.271 e. The Balaban J connectivity index is 1.92. The van der Waals surface area contributed by atoms with E-state index in [2.05, 4.69) is 4.99 Å². The molecule has 0 aromatic heterocycles. The number of aliphatic imine (C=N–C) groups is 1. The summed E-state index contributed by atoms with van der Waals surface area (Å²) in [7, 11) is 0. The molecule has 96 valence electrons. The third kappa shape index (κ3) is 3.04. The van der Waals surface area contributed by atoms with Crippen LogP contribution in [0.15, 0.2) is 29.3 Å². The number of hydroxylamine groups is 2. The van der Waals surface area contributed by atoms with Gasteiger partial charge >= 0.3 is 0 Å². The van der Waals surface area contributed by atoms with Crippen molar-refractivity contribution in [1.82, 2.24) is 5.06 Å². The lowest BCUT2D eigenvalue weighted by Gasteiger charge is -2.26. The van der Waals surface area contributed by atoms with Gasteiger partial charge in [0.15, 0.2) is 0 Å². The summed E-state index contributed by atoms with van der Waals surface area (Å²) in [6, 6.07) is 6.37. The SMILES string of the molecule is CC1=NCCCN1OCc1ccc([N+](=O)[O-])cc1. The fraction of sp³-hybridized carbons (Fsp3) is 0.417. The van der Waals surface area contributed by atoms with Gasteiger partial charge in [-0.25, -0.2) is 5.06 Å². The summed E-state index contributed by atoms with van der Waals surface area (Å²) >= 11 is 0. The first-order chi connectivity index (χ1) is 8.66. The summed E-state index contributed by atoms with van der Waals surface area (Å²) in [5.74, 6) is 0.878. The monoisotopic (exact) mass is 249 g/mol. The molecule has 6 nitrogen and oxygen atoms in total. The Hall–Kier alpha value is -1.95. The normalized spacial score (nSPS) is 15.4. The van der Waals surface area contributed by atoms with Crippen molar-refractivity contribution in [3.63, 3.8) is 0 Å². The van der Waals surface area contributed by atoms with Gasteiger partial charge in [-0.3, -0.25) is 19.9 Å². The summed E-state index contributed by atoms with van der Waals surface area (Å²) < 4.78 is 0. The summed E-state index contributed by atoms with van der Waals surface area (Å²) in [6.45, 7) is 3.99. The molecular formula is C12H15N3O3. The zero-order valence-electron chi connectivity index (χ0n) is 10.2. The maximum absolute atomic E-state index is 10.5. The molecule has 1 heterocycles. The lowest BCUT2D eigenvalue weighted by atomic mass is 10.2. The molecule has 1 aromatic rings. The summed E-state index contributed by atoms with van der Waals surface area (Å²) in [4.78, 5) is 20.0. The molecule has 1 aliphatic rings. The molecule has 0 N–H and O–H groups in total. The largest absolute Gasteiger partial charge is 0.271 e. The van der Waals surface area contributed by atoms with Crippen LogP contribution in [0, 0.1) is 10.1 Å². The molecule has 0 saturated carbocycles. The quantitative estimate of drug-likeness (QED) is 0.605.